The number of urea groups is 1. The van der Waals surface area contributed by atoms with Crippen molar-refractivity contribution in [3.63, 3.8) is 0 Å². The number of nitrogens with zero attached hydrogens (tertiary/aromatic N) is 2. The Balaban J connectivity index is 1.72. The zero-order valence-electron chi connectivity index (χ0n) is 20.5. The van der Waals surface area contributed by atoms with Gasteiger partial charge in [-0.25, -0.2) is 4.79 Å². The van der Waals surface area contributed by atoms with Gasteiger partial charge in [0, 0.05) is 37.1 Å². The van der Waals surface area contributed by atoms with E-state index in [9.17, 15) is 14.7 Å². The van der Waals surface area contributed by atoms with Crippen molar-refractivity contribution in [2.45, 2.75) is 65.2 Å². The van der Waals surface area contributed by atoms with Gasteiger partial charge < -0.3 is 20.6 Å². The number of halogens is 1. The van der Waals surface area contributed by atoms with Crippen molar-refractivity contribution in [2.24, 2.45) is 11.7 Å². The number of carbonyl (C=O) groups excluding carboxylic acids is 2. The van der Waals surface area contributed by atoms with Crippen LogP contribution in [0.5, 0.6) is 5.75 Å². The lowest BCUT2D eigenvalue weighted by atomic mass is 9.86. The maximum atomic E-state index is 13.0. The number of benzene rings is 1. The Morgan fingerprint density at radius 2 is 1.79 bits per heavy atom. The minimum atomic E-state index is -0.368. The Bertz CT molecular complexity index is 954. The van der Waals surface area contributed by atoms with E-state index in [1.807, 2.05) is 11.0 Å². The quantitative estimate of drug-likeness (QED) is 0.447. The fourth-order valence-electron chi connectivity index (χ4n) is 5.21. The molecule has 2 saturated heterocycles. The third-order valence-electron chi connectivity index (χ3n) is 6.99. The minimum Gasteiger partial charge on any atom is -0.508 e. The maximum absolute atomic E-state index is 13.0. The van der Waals surface area contributed by atoms with E-state index in [-0.39, 0.29) is 17.7 Å². The fourth-order valence-corrected chi connectivity index (χ4v) is 5.93. The molecule has 186 valence electrons. The van der Waals surface area contributed by atoms with E-state index in [4.69, 9.17) is 5.73 Å². The number of phenols is 1. The van der Waals surface area contributed by atoms with Crippen molar-refractivity contribution in [3.05, 3.63) is 45.5 Å². The Hall–Kier alpha value is -2.28. The molecule has 3 N–H and O–H groups in total. The van der Waals surface area contributed by atoms with E-state index in [0.717, 1.165) is 73.6 Å². The molecule has 3 amide bonds. The summed E-state index contributed by atoms with van der Waals surface area (Å²) in [6, 6.07) is 3.29. The number of hydrogen-bond donors (Lipinski definition) is 2. The average molecular weight is 533 g/mol. The SMILES string of the molecule is C=C(C)CC(=C1CCN(C(=O)CC2CCN(C(N)=O)CC2)CC1)c1c(Br)cc(O)cc1CCC. The van der Waals surface area contributed by atoms with E-state index < -0.39 is 0 Å². The number of aryl methyl sites for hydroxylation is 1. The zero-order valence-corrected chi connectivity index (χ0v) is 22.1. The molecule has 3 rings (SSSR count). The number of likely N-dealkylation sites (tertiary alicyclic amines) is 2. The number of nitrogens with two attached hydrogens (primary N) is 1. The van der Waals surface area contributed by atoms with Crippen LogP contribution in [0.2, 0.25) is 0 Å². The summed E-state index contributed by atoms with van der Waals surface area (Å²) in [6.07, 6.45) is 6.63. The van der Waals surface area contributed by atoms with Crippen LogP contribution >= 0.6 is 15.9 Å². The summed E-state index contributed by atoms with van der Waals surface area (Å²) in [6.45, 7) is 11.1. The molecule has 2 fully saturated rings. The first kappa shape index (κ1) is 26.3. The first-order chi connectivity index (χ1) is 16.2. The van der Waals surface area contributed by atoms with Gasteiger partial charge in [0.15, 0.2) is 0 Å². The van der Waals surface area contributed by atoms with Crippen LogP contribution in [-0.4, -0.2) is 53.0 Å². The van der Waals surface area contributed by atoms with Gasteiger partial charge in [-0.05, 0) is 80.2 Å². The van der Waals surface area contributed by atoms with Gasteiger partial charge in [-0.15, -0.1) is 0 Å². The normalized spacial score (nSPS) is 17.1. The predicted molar refractivity (Wildman–Crippen MR) is 140 cm³/mol. The summed E-state index contributed by atoms with van der Waals surface area (Å²) < 4.78 is 0.917. The molecule has 0 unspecified atom stereocenters. The molecule has 0 saturated carbocycles. The smallest absolute Gasteiger partial charge is 0.314 e. The Morgan fingerprint density at radius 3 is 2.35 bits per heavy atom. The van der Waals surface area contributed by atoms with Crippen molar-refractivity contribution in [2.75, 3.05) is 26.2 Å². The van der Waals surface area contributed by atoms with Gasteiger partial charge in [0.1, 0.15) is 5.75 Å². The molecular weight excluding hydrogens is 494 g/mol. The molecule has 7 heteroatoms. The van der Waals surface area contributed by atoms with Crippen LogP contribution in [0.4, 0.5) is 4.79 Å². The molecule has 0 radical (unpaired) electrons. The standard InChI is InChI=1S/C27H38BrN3O3/c1-4-5-21-16-22(32)17-24(28)26(21)23(14-18(2)3)20-8-12-30(13-9-20)25(33)15-19-6-10-31(11-7-19)27(29)34/h16-17,19,32H,2,4-15H2,1,3H3,(H2,29,34). The molecule has 1 aromatic rings. The number of hydrogen-bond acceptors (Lipinski definition) is 3. The minimum absolute atomic E-state index is 0.218. The van der Waals surface area contributed by atoms with Crippen LogP contribution in [-0.2, 0) is 11.2 Å². The molecule has 0 aliphatic carbocycles. The summed E-state index contributed by atoms with van der Waals surface area (Å²) in [5, 5.41) is 10.2. The highest BCUT2D eigenvalue weighted by molar-refractivity contribution is 9.10. The van der Waals surface area contributed by atoms with E-state index in [1.165, 1.54) is 16.7 Å². The summed E-state index contributed by atoms with van der Waals surface area (Å²) in [5.41, 5.74) is 11.5. The molecular formula is C27H38BrN3O3. The van der Waals surface area contributed by atoms with Gasteiger partial charge in [-0.2, -0.15) is 0 Å². The third kappa shape index (κ3) is 6.65. The van der Waals surface area contributed by atoms with Gasteiger partial charge in [-0.3, -0.25) is 4.79 Å². The number of amides is 3. The Kier molecular flexibility index (Phi) is 9.23. The van der Waals surface area contributed by atoms with Crippen LogP contribution in [0.25, 0.3) is 5.57 Å². The summed E-state index contributed by atoms with van der Waals surface area (Å²) in [4.78, 5) is 28.0. The van der Waals surface area contributed by atoms with Crippen LogP contribution in [0.3, 0.4) is 0 Å². The van der Waals surface area contributed by atoms with E-state index in [2.05, 4.69) is 36.4 Å². The van der Waals surface area contributed by atoms with Crippen molar-refractivity contribution >= 4 is 33.4 Å². The second-order valence-corrected chi connectivity index (χ2v) is 10.6. The molecule has 2 aliphatic heterocycles. The maximum Gasteiger partial charge on any atom is 0.314 e. The number of carbonyl (C=O) groups is 2. The van der Waals surface area contributed by atoms with Crippen LogP contribution in [0.1, 0.15) is 69.9 Å². The largest absolute Gasteiger partial charge is 0.508 e. The van der Waals surface area contributed by atoms with Crippen molar-refractivity contribution in [3.8, 4) is 5.75 Å². The number of primary amides is 1. The lowest BCUT2D eigenvalue weighted by Crippen LogP contribution is -2.43. The van der Waals surface area contributed by atoms with Gasteiger partial charge in [0.25, 0.3) is 0 Å². The first-order valence-corrected chi connectivity index (χ1v) is 13.2. The Morgan fingerprint density at radius 1 is 1.15 bits per heavy atom. The molecule has 2 heterocycles. The molecule has 0 aromatic heterocycles. The number of phenolic OH excluding ortho intramolecular Hbond substituents is 1. The average Bonchev–Trinajstić information content (AvgIpc) is 2.78. The molecule has 0 atom stereocenters. The van der Waals surface area contributed by atoms with Gasteiger partial charge in [0.05, 0.1) is 0 Å². The number of rotatable bonds is 7. The van der Waals surface area contributed by atoms with E-state index in [0.29, 0.717) is 25.4 Å². The second kappa shape index (κ2) is 11.9. The summed E-state index contributed by atoms with van der Waals surface area (Å²) in [5.74, 6) is 0.819. The van der Waals surface area contributed by atoms with Crippen molar-refractivity contribution < 1.29 is 14.7 Å². The molecule has 6 nitrogen and oxygen atoms in total. The van der Waals surface area contributed by atoms with E-state index >= 15 is 0 Å². The first-order valence-electron chi connectivity index (χ1n) is 12.4. The van der Waals surface area contributed by atoms with Crippen molar-refractivity contribution in [1.29, 1.82) is 0 Å². The van der Waals surface area contributed by atoms with E-state index in [1.54, 1.807) is 11.0 Å². The monoisotopic (exact) mass is 531 g/mol. The number of allylic oxidation sites excluding steroid dienone is 2. The van der Waals surface area contributed by atoms with Crippen LogP contribution < -0.4 is 5.73 Å². The van der Waals surface area contributed by atoms with Crippen molar-refractivity contribution in [1.82, 2.24) is 9.80 Å². The molecule has 2 aliphatic rings. The summed E-state index contributed by atoms with van der Waals surface area (Å²) >= 11 is 3.71. The zero-order chi connectivity index (χ0) is 24.8. The Labute approximate surface area is 212 Å². The predicted octanol–water partition coefficient (Wildman–Crippen LogP) is 5.63. The van der Waals surface area contributed by atoms with Crippen LogP contribution in [0.15, 0.2) is 34.3 Å². The lowest BCUT2D eigenvalue weighted by Gasteiger charge is -2.34. The highest BCUT2D eigenvalue weighted by Crippen LogP contribution is 2.39. The topological polar surface area (TPSA) is 86.9 Å². The molecule has 34 heavy (non-hydrogen) atoms. The highest BCUT2D eigenvalue weighted by Gasteiger charge is 2.27. The van der Waals surface area contributed by atoms with Gasteiger partial charge in [0.2, 0.25) is 5.91 Å². The third-order valence-corrected chi connectivity index (χ3v) is 7.62. The number of piperidine rings is 2. The molecule has 1 aromatic carbocycles. The summed E-state index contributed by atoms with van der Waals surface area (Å²) in [7, 11) is 0. The second-order valence-electron chi connectivity index (χ2n) is 9.78. The highest BCUT2D eigenvalue weighted by atomic mass is 79.9. The lowest BCUT2D eigenvalue weighted by molar-refractivity contribution is -0.132. The van der Waals surface area contributed by atoms with Gasteiger partial charge in [-0.1, -0.05) is 47.0 Å². The fraction of sp³-hybridized carbons (Fsp3) is 0.556. The molecule has 0 spiro atoms. The van der Waals surface area contributed by atoms with Crippen LogP contribution in [0, 0.1) is 5.92 Å². The number of aromatic hydroxyl groups is 1. The van der Waals surface area contributed by atoms with Gasteiger partial charge >= 0.3 is 6.03 Å². The molecule has 0 bridgehead atoms.